The normalized spacial score (nSPS) is 12.5. The Bertz CT molecular complexity index is 256. The van der Waals surface area contributed by atoms with E-state index >= 15 is 0 Å². The number of hydrogen-bond donors (Lipinski definition) is 2. The van der Waals surface area contributed by atoms with E-state index in [4.69, 9.17) is 5.11 Å². The van der Waals surface area contributed by atoms with Gasteiger partial charge in [0.15, 0.2) is 0 Å². The minimum atomic E-state index is -0.512. The van der Waals surface area contributed by atoms with Crippen molar-refractivity contribution in [3.63, 3.8) is 0 Å². The number of aliphatic hydroxyl groups is 1. The van der Waals surface area contributed by atoms with Gasteiger partial charge in [0.1, 0.15) is 6.54 Å². The molecule has 72 valence electrons. The molecule has 1 aromatic heterocycles. The van der Waals surface area contributed by atoms with Crippen LogP contribution in [0.1, 0.15) is 6.92 Å². The summed E-state index contributed by atoms with van der Waals surface area (Å²) in [6, 6.07) is 1.75. The van der Waals surface area contributed by atoms with E-state index in [1.807, 2.05) is 0 Å². The molecule has 5 heteroatoms. The lowest BCUT2D eigenvalue weighted by molar-refractivity contribution is -0.122. The van der Waals surface area contributed by atoms with Gasteiger partial charge in [0.05, 0.1) is 6.10 Å². The zero-order valence-corrected chi connectivity index (χ0v) is 7.47. The highest BCUT2D eigenvalue weighted by Gasteiger charge is 2.03. The van der Waals surface area contributed by atoms with Crippen LogP contribution in [-0.2, 0) is 11.3 Å². The third-order valence-corrected chi connectivity index (χ3v) is 1.46. The van der Waals surface area contributed by atoms with E-state index in [2.05, 4.69) is 10.4 Å². The number of aromatic nitrogens is 2. The Balaban J connectivity index is 2.26. The van der Waals surface area contributed by atoms with Crippen LogP contribution in [0.5, 0.6) is 0 Å². The van der Waals surface area contributed by atoms with Crippen LogP contribution in [0.2, 0.25) is 0 Å². The Morgan fingerprint density at radius 3 is 3.08 bits per heavy atom. The maximum atomic E-state index is 11.1. The minimum absolute atomic E-state index is 0.149. The largest absolute Gasteiger partial charge is 0.392 e. The quantitative estimate of drug-likeness (QED) is 0.653. The Kier molecular flexibility index (Phi) is 3.45. The predicted molar refractivity (Wildman–Crippen MR) is 46.9 cm³/mol. The SMILES string of the molecule is CC(O)CNC(=O)Cn1cccn1. The first-order valence-corrected chi connectivity index (χ1v) is 4.10. The first-order chi connectivity index (χ1) is 6.18. The van der Waals surface area contributed by atoms with Crippen LogP contribution < -0.4 is 5.32 Å². The van der Waals surface area contributed by atoms with Gasteiger partial charge in [0, 0.05) is 18.9 Å². The summed E-state index contributed by atoms with van der Waals surface area (Å²) in [6.07, 6.45) is 2.81. The van der Waals surface area contributed by atoms with Crippen molar-refractivity contribution in [2.24, 2.45) is 0 Å². The third-order valence-electron chi connectivity index (χ3n) is 1.46. The Morgan fingerprint density at radius 1 is 1.77 bits per heavy atom. The molecule has 1 aromatic rings. The van der Waals surface area contributed by atoms with Gasteiger partial charge in [-0.15, -0.1) is 0 Å². The van der Waals surface area contributed by atoms with Crippen molar-refractivity contribution < 1.29 is 9.90 Å². The van der Waals surface area contributed by atoms with E-state index in [9.17, 15) is 4.79 Å². The smallest absolute Gasteiger partial charge is 0.241 e. The summed E-state index contributed by atoms with van der Waals surface area (Å²) in [4.78, 5) is 11.1. The molecule has 0 saturated carbocycles. The number of aliphatic hydroxyl groups excluding tert-OH is 1. The lowest BCUT2D eigenvalue weighted by Crippen LogP contribution is -2.33. The molecule has 0 aromatic carbocycles. The standard InChI is InChI=1S/C8H13N3O2/c1-7(12)5-9-8(13)6-11-4-2-3-10-11/h2-4,7,12H,5-6H2,1H3,(H,9,13). The van der Waals surface area contributed by atoms with Crippen LogP contribution in [0, 0.1) is 0 Å². The molecule has 0 radical (unpaired) electrons. The van der Waals surface area contributed by atoms with Crippen molar-refractivity contribution in [3.05, 3.63) is 18.5 Å². The predicted octanol–water partition coefficient (Wildman–Crippen LogP) is -0.620. The molecule has 1 unspecified atom stereocenters. The molecular weight excluding hydrogens is 170 g/mol. The Morgan fingerprint density at radius 2 is 2.54 bits per heavy atom. The molecule has 1 heterocycles. The number of hydrogen-bond acceptors (Lipinski definition) is 3. The number of nitrogens with one attached hydrogen (secondary N) is 1. The summed E-state index contributed by atoms with van der Waals surface area (Å²) < 4.78 is 1.53. The van der Waals surface area contributed by atoms with Crippen LogP contribution in [0.4, 0.5) is 0 Å². The van der Waals surface area contributed by atoms with Crippen molar-refractivity contribution in [1.82, 2.24) is 15.1 Å². The van der Waals surface area contributed by atoms with Crippen molar-refractivity contribution in [1.29, 1.82) is 0 Å². The highest BCUT2D eigenvalue weighted by molar-refractivity contribution is 5.75. The fourth-order valence-corrected chi connectivity index (χ4v) is 0.859. The zero-order valence-electron chi connectivity index (χ0n) is 7.47. The highest BCUT2D eigenvalue weighted by Crippen LogP contribution is 1.84. The van der Waals surface area contributed by atoms with E-state index in [-0.39, 0.29) is 19.0 Å². The average molecular weight is 183 g/mol. The van der Waals surface area contributed by atoms with Crippen molar-refractivity contribution in [2.75, 3.05) is 6.54 Å². The van der Waals surface area contributed by atoms with E-state index in [1.165, 1.54) is 4.68 Å². The molecule has 0 bridgehead atoms. The van der Waals surface area contributed by atoms with E-state index in [0.717, 1.165) is 0 Å². The molecule has 0 fully saturated rings. The second-order valence-electron chi connectivity index (χ2n) is 2.86. The van der Waals surface area contributed by atoms with E-state index in [1.54, 1.807) is 25.4 Å². The van der Waals surface area contributed by atoms with Crippen molar-refractivity contribution in [3.8, 4) is 0 Å². The third kappa shape index (κ3) is 3.71. The van der Waals surface area contributed by atoms with Crippen LogP contribution in [-0.4, -0.2) is 33.4 Å². The summed E-state index contributed by atoms with van der Waals surface area (Å²) in [7, 11) is 0. The summed E-state index contributed by atoms with van der Waals surface area (Å²) in [5.74, 6) is -0.149. The zero-order chi connectivity index (χ0) is 9.68. The molecule has 1 amide bonds. The first-order valence-electron chi connectivity index (χ1n) is 4.10. The maximum Gasteiger partial charge on any atom is 0.241 e. The second kappa shape index (κ2) is 4.61. The Hall–Kier alpha value is -1.36. The highest BCUT2D eigenvalue weighted by atomic mass is 16.3. The Labute approximate surface area is 76.4 Å². The number of carbonyl (C=O) groups excluding carboxylic acids is 1. The van der Waals surface area contributed by atoms with E-state index in [0.29, 0.717) is 0 Å². The van der Waals surface area contributed by atoms with Crippen LogP contribution in [0.15, 0.2) is 18.5 Å². The van der Waals surface area contributed by atoms with E-state index < -0.39 is 6.10 Å². The summed E-state index contributed by atoms with van der Waals surface area (Å²) >= 11 is 0. The molecular formula is C8H13N3O2. The maximum absolute atomic E-state index is 11.1. The first kappa shape index (κ1) is 9.73. The number of carbonyl (C=O) groups is 1. The lowest BCUT2D eigenvalue weighted by Gasteiger charge is -2.06. The van der Waals surface area contributed by atoms with Crippen molar-refractivity contribution >= 4 is 5.91 Å². The van der Waals surface area contributed by atoms with Gasteiger partial charge in [0.25, 0.3) is 0 Å². The van der Waals surface area contributed by atoms with Gasteiger partial charge in [-0.05, 0) is 13.0 Å². The lowest BCUT2D eigenvalue weighted by atomic mass is 10.4. The molecule has 1 rings (SSSR count). The average Bonchev–Trinajstić information content (AvgIpc) is 2.53. The van der Waals surface area contributed by atoms with Crippen LogP contribution >= 0.6 is 0 Å². The monoisotopic (exact) mass is 183 g/mol. The summed E-state index contributed by atoms with van der Waals surface area (Å²) in [5.41, 5.74) is 0. The van der Waals surface area contributed by atoms with Gasteiger partial charge in [0.2, 0.25) is 5.91 Å². The fourth-order valence-electron chi connectivity index (χ4n) is 0.859. The number of rotatable bonds is 4. The molecule has 2 N–H and O–H groups in total. The minimum Gasteiger partial charge on any atom is -0.392 e. The molecule has 0 spiro atoms. The molecule has 0 aliphatic heterocycles. The van der Waals surface area contributed by atoms with Crippen molar-refractivity contribution in [2.45, 2.75) is 19.6 Å². The molecule has 0 aliphatic rings. The van der Waals surface area contributed by atoms with Crippen LogP contribution in [0.25, 0.3) is 0 Å². The molecule has 13 heavy (non-hydrogen) atoms. The van der Waals surface area contributed by atoms with Crippen LogP contribution in [0.3, 0.4) is 0 Å². The number of amides is 1. The summed E-state index contributed by atoms with van der Waals surface area (Å²) in [6.45, 7) is 2.09. The second-order valence-corrected chi connectivity index (χ2v) is 2.86. The van der Waals surface area contributed by atoms with Gasteiger partial charge in [-0.25, -0.2) is 0 Å². The molecule has 0 aliphatic carbocycles. The fraction of sp³-hybridized carbons (Fsp3) is 0.500. The topological polar surface area (TPSA) is 67.2 Å². The summed E-state index contributed by atoms with van der Waals surface area (Å²) in [5, 5.41) is 15.3. The molecule has 0 saturated heterocycles. The van der Waals surface area contributed by atoms with Gasteiger partial charge in [-0.2, -0.15) is 5.10 Å². The van der Waals surface area contributed by atoms with Gasteiger partial charge in [-0.3, -0.25) is 9.48 Å². The molecule has 5 nitrogen and oxygen atoms in total. The van der Waals surface area contributed by atoms with Gasteiger partial charge >= 0.3 is 0 Å². The number of nitrogens with zero attached hydrogens (tertiary/aromatic N) is 2. The molecule has 1 atom stereocenters. The van der Waals surface area contributed by atoms with Gasteiger partial charge in [-0.1, -0.05) is 0 Å². The van der Waals surface area contributed by atoms with Gasteiger partial charge < -0.3 is 10.4 Å².